The first-order valence-corrected chi connectivity index (χ1v) is 9.66. The molecule has 2 aromatic heterocycles. The highest BCUT2D eigenvalue weighted by molar-refractivity contribution is 5.78. The molecular formula is C21H21F3N4O2. The summed E-state index contributed by atoms with van der Waals surface area (Å²) in [4.78, 5) is 22.5. The Morgan fingerprint density at radius 2 is 1.90 bits per heavy atom. The Morgan fingerprint density at radius 1 is 1.13 bits per heavy atom. The standard InChI is InChI=1S/C21H21F3N4O2/c1-30-16-2-3-17-18(11-16)26-13-28(20(17)29)12-14-5-8-27(9-6-14)15-4-7-25-19(10-15)21(22,23)24/h2-4,7,10-11,13-14H,5-6,8-9,12H2,1H3. The van der Waals surface area contributed by atoms with E-state index in [1.165, 1.54) is 6.20 Å². The van der Waals surface area contributed by atoms with Crippen molar-refractivity contribution < 1.29 is 17.9 Å². The Morgan fingerprint density at radius 3 is 2.60 bits per heavy atom. The molecule has 0 N–H and O–H groups in total. The zero-order valence-corrected chi connectivity index (χ0v) is 16.4. The van der Waals surface area contributed by atoms with E-state index in [1.807, 2.05) is 4.90 Å². The predicted molar refractivity (Wildman–Crippen MR) is 107 cm³/mol. The highest BCUT2D eigenvalue weighted by atomic mass is 19.4. The van der Waals surface area contributed by atoms with Gasteiger partial charge in [-0.1, -0.05) is 0 Å². The lowest BCUT2D eigenvalue weighted by Gasteiger charge is -2.34. The molecule has 6 nitrogen and oxygen atoms in total. The Bertz CT molecular complexity index is 1110. The molecule has 4 rings (SSSR count). The van der Waals surface area contributed by atoms with E-state index in [2.05, 4.69) is 9.97 Å². The molecule has 1 aliphatic rings. The molecule has 0 bridgehead atoms. The molecule has 3 heterocycles. The third-order valence-corrected chi connectivity index (χ3v) is 5.50. The van der Waals surface area contributed by atoms with Crippen LogP contribution in [-0.2, 0) is 12.7 Å². The molecule has 1 aromatic carbocycles. The maximum atomic E-state index is 12.9. The zero-order chi connectivity index (χ0) is 21.3. The van der Waals surface area contributed by atoms with Gasteiger partial charge in [0.1, 0.15) is 11.4 Å². The number of pyridine rings is 1. The molecule has 0 radical (unpaired) electrons. The molecule has 0 aliphatic carbocycles. The molecule has 0 spiro atoms. The van der Waals surface area contributed by atoms with Crippen LogP contribution < -0.4 is 15.2 Å². The maximum absolute atomic E-state index is 12.9. The molecule has 3 aromatic rings. The van der Waals surface area contributed by atoms with E-state index in [0.717, 1.165) is 18.9 Å². The van der Waals surface area contributed by atoms with Crippen LogP contribution in [0, 0.1) is 5.92 Å². The number of hydrogen-bond acceptors (Lipinski definition) is 5. The van der Waals surface area contributed by atoms with Gasteiger partial charge in [-0.05, 0) is 43.0 Å². The van der Waals surface area contributed by atoms with Crippen LogP contribution in [0.25, 0.3) is 10.9 Å². The second-order valence-electron chi connectivity index (χ2n) is 7.41. The summed E-state index contributed by atoms with van der Waals surface area (Å²) in [7, 11) is 1.56. The number of nitrogens with zero attached hydrogens (tertiary/aromatic N) is 4. The van der Waals surface area contributed by atoms with Gasteiger partial charge < -0.3 is 9.64 Å². The zero-order valence-electron chi connectivity index (χ0n) is 16.4. The second-order valence-corrected chi connectivity index (χ2v) is 7.41. The average molecular weight is 418 g/mol. The van der Waals surface area contributed by atoms with Crippen LogP contribution in [0.4, 0.5) is 18.9 Å². The minimum Gasteiger partial charge on any atom is -0.497 e. The van der Waals surface area contributed by atoms with Crippen molar-refractivity contribution >= 4 is 16.6 Å². The van der Waals surface area contributed by atoms with Crippen molar-refractivity contribution in [3.63, 3.8) is 0 Å². The lowest BCUT2D eigenvalue weighted by Crippen LogP contribution is -2.36. The van der Waals surface area contributed by atoms with Gasteiger partial charge in [-0.2, -0.15) is 13.2 Å². The van der Waals surface area contributed by atoms with E-state index in [0.29, 0.717) is 42.0 Å². The van der Waals surface area contributed by atoms with Gasteiger partial charge in [0.2, 0.25) is 0 Å². The highest BCUT2D eigenvalue weighted by Crippen LogP contribution is 2.31. The van der Waals surface area contributed by atoms with E-state index in [9.17, 15) is 18.0 Å². The topological polar surface area (TPSA) is 60.2 Å². The number of benzene rings is 1. The lowest BCUT2D eigenvalue weighted by molar-refractivity contribution is -0.141. The van der Waals surface area contributed by atoms with Crippen LogP contribution >= 0.6 is 0 Å². The molecule has 30 heavy (non-hydrogen) atoms. The number of methoxy groups -OCH3 is 1. The molecule has 9 heteroatoms. The summed E-state index contributed by atoms with van der Waals surface area (Å²) in [5.41, 5.74) is 0.124. The molecule has 0 amide bonds. The number of aromatic nitrogens is 3. The number of piperidine rings is 1. The Balaban J connectivity index is 1.44. The van der Waals surface area contributed by atoms with E-state index in [4.69, 9.17) is 4.74 Å². The minimum atomic E-state index is -4.46. The van der Waals surface area contributed by atoms with Crippen LogP contribution in [0.3, 0.4) is 0 Å². The first-order chi connectivity index (χ1) is 14.3. The van der Waals surface area contributed by atoms with Gasteiger partial charge in [0.15, 0.2) is 0 Å². The average Bonchev–Trinajstić information content (AvgIpc) is 2.75. The quantitative estimate of drug-likeness (QED) is 0.646. The van der Waals surface area contributed by atoms with Gasteiger partial charge in [-0.3, -0.25) is 14.3 Å². The lowest BCUT2D eigenvalue weighted by atomic mass is 9.96. The van der Waals surface area contributed by atoms with Gasteiger partial charge in [-0.25, -0.2) is 4.98 Å². The fraction of sp³-hybridized carbons (Fsp3) is 0.381. The van der Waals surface area contributed by atoms with E-state index >= 15 is 0 Å². The first-order valence-electron chi connectivity index (χ1n) is 9.66. The van der Waals surface area contributed by atoms with Gasteiger partial charge in [-0.15, -0.1) is 0 Å². The summed E-state index contributed by atoms with van der Waals surface area (Å²) in [5, 5.41) is 0.534. The van der Waals surface area contributed by atoms with E-state index in [1.54, 1.807) is 42.3 Å². The number of ether oxygens (including phenoxy) is 1. The van der Waals surface area contributed by atoms with Crippen molar-refractivity contribution in [2.75, 3.05) is 25.1 Å². The number of halogens is 3. The Labute approximate surface area is 170 Å². The largest absolute Gasteiger partial charge is 0.497 e. The van der Waals surface area contributed by atoms with Crippen molar-refractivity contribution in [1.82, 2.24) is 14.5 Å². The molecule has 1 aliphatic heterocycles. The van der Waals surface area contributed by atoms with Crippen LogP contribution in [0.15, 0.2) is 47.7 Å². The number of fused-ring (bicyclic) bond motifs is 1. The molecule has 1 saturated heterocycles. The van der Waals surface area contributed by atoms with Crippen LogP contribution in [0.1, 0.15) is 18.5 Å². The normalized spacial score (nSPS) is 15.5. The van der Waals surface area contributed by atoms with Crippen molar-refractivity contribution in [2.45, 2.75) is 25.6 Å². The van der Waals surface area contributed by atoms with Crippen molar-refractivity contribution in [2.24, 2.45) is 5.92 Å². The Hall–Kier alpha value is -3.10. The maximum Gasteiger partial charge on any atom is 0.433 e. The number of anilines is 1. The monoisotopic (exact) mass is 418 g/mol. The minimum absolute atomic E-state index is 0.103. The summed E-state index contributed by atoms with van der Waals surface area (Å²) < 4.78 is 45.5. The molecule has 158 valence electrons. The summed E-state index contributed by atoms with van der Waals surface area (Å²) >= 11 is 0. The summed E-state index contributed by atoms with van der Waals surface area (Å²) in [6.45, 7) is 1.78. The summed E-state index contributed by atoms with van der Waals surface area (Å²) in [5.74, 6) is 0.893. The van der Waals surface area contributed by atoms with Gasteiger partial charge >= 0.3 is 6.18 Å². The number of alkyl halides is 3. The molecular weight excluding hydrogens is 397 g/mol. The smallest absolute Gasteiger partial charge is 0.433 e. The van der Waals surface area contributed by atoms with Crippen molar-refractivity contribution in [3.8, 4) is 5.75 Å². The molecule has 1 fully saturated rings. The van der Waals surface area contributed by atoms with Gasteiger partial charge in [0.05, 0.1) is 24.3 Å². The van der Waals surface area contributed by atoms with E-state index < -0.39 is 11.9 Å². The van der Waals surface area contributed by atoms with Gasteiger partial charge in [0.25, 0.3) is 5.56 Å². The van der Waals surface area contributed by atoms with Crippen molar-refractivity contribution in [1.29, 1.82) is 0 Å². The summed E-state index contributed by atoms with van der Waals surface area (Å²) in [6.07, 6.45) is -0.162. The fourth-order valence-electron chi connectivity index (χ4n) is 3.82. The number of hydrogen-bond donors (Lipinski definition) is 0. The Kier molecular flexibility index (Phi) is 5.36. The van der Waals surface area contributed by atoms with E-state index in [-0.39, 0.29) is 11.5 Å². The fourth-order valence-corrected chi connectivity index (χ4v) is 3.82. The number of rotatable bonds is 4. The second kappa shape index (κ2) is 7.97. The predicted octanol–water partition coefficient (Wildman–Crippen LogP) is 3.74. The third kappa shape index (κ3) is 4.10. The van der Waals surface area contributed by atoms with Crippen LogP contribution in [0.5, 0.6) is 5.75 Å². The van der Waals surface area contributed by atoms with Crippen molar-refractivity contribution in [3.05, 3.63) is 58.9 Å². The first kappa shape index (κ1) is 20.2. The molecule has 0 unspecified atom stereocenters. The summed E-state index contributed by atoms with van der Waals surface area (Å²) in [6, 6.07) is 7.86. The third-order valence-electron chi connectivity index (χ3n) is 5.50. The van der Waals surface area contributed by atoms with Crippen LogP contribution in [0.2, 0.25) is 0 Å². The molecule has 0 saturated carbocycles. The van der Waals surface area contributed by atoms with Gasteiger partial charge in [0, 0.05) is 37.6 Å². The highest BCUT2D eigenvalue weighted by Gasteiger charge is 2.33. The SMILES string of the molecule is COc1ccc2c(=O)n(CC3CCN(c4ccnc(C(F)(F)F)c4)CC3)cnc2c1. The van der Waals surface area contributed by atoms with Crippen LogP contribution in [-0.4, -0.2) is 34.7 Å². The molecule has 0 atom stereocenters.